The van der Waals surface area contributed by atoms with Crippen molar-refractivity contribution in [3.05, 3.63) is 16.0 Å². The number of rotatable bonds is 1. The molecule has 2 N–H and O–H groups in total. The summed E-state index contributed by atoms with van der Waals surface area (Å²) in [7, 11) is 0. The molecule has 0 amide bonds. The molecular formula is C12H17NOS. The Hall–Kier alpha value is -0.830. The molecule has 3 heteroatoms. The molecule has 1 aliphatic carbocycles. The van der Waals surface area contributed by atoms with Gasteiger partial charge in [0.2, 0.25) is 0 Å². The van der Waals surface area contributed by atoms with E-state index in [1.807, 2.05) is 0 Å². The SMILES string of the molecule is CC(=O)c1c(N)sc2c1CC(C)CC2C. The number of anilines is 1. The number of hydrogen-bond donors (Lipinski definition) is 1. The molecule has 0 saturated heterocycles. The van der Waals surface area contributed by atoms with Crippen molar-refractivity contribution in [2.45, 2.75) is 39.5 Å². The van der Waals surface area contributed by atoms with Crippen LogP contribution < -0.4 is 5.73 Å². The van der Waals surface area contributed by atoms with E-state index in [1.165, 1.54) is 16.9 Å². The molecule has 82 valence electrons. The molecule has 15 heavy (non-hydrogen) atoms. The summed E-state index contributed by atoms with van der Waals surface area (Å²) in [5.74, 6) is 1.34. The molecule has 1 aromatic heterocycles. The molecule has 2 unspecified atom stereocenters. The topological polar surface area (TPSA) is 43.1 Å². The average Bonchev–Trinajstić information content (AvgIpc) is 2.41. The van der Waals surface area contributed by atoms with E-state index in [2.05, 4.69) is 13.8 Å². The molecule has 0 aliphatic heterocycles. The maximum atomic E-state index is 11.5. The second-order valence-corrected chi connectivity index (χ2v) is 5.77. The quantitative estimate of drug-likeness (QED) is 0.743. The van der Waals surface area contributed by atoms with Crippen LogP contribution in [-0.2, 0) is 6.42 Å². The number of carbonyl (C=O) groups excluding carboxylic acids is 1. The Balaban J connectivity index is 2.56. The van der Waals surface area contributed by atoms with Crippen molar-refractivity contribution in [3.63, 3.8) is 0 Å². The summed E-state index contributed by atoms with van der Waals surface area (Å²) < 4.78 is 0. The Morgan fingerprint density at radius 1 is 1.47 bits per heavy atom. The zero-order valence-corrected chi connectivity index (χ0v) is 10.3. The maximum Gasteiger partial charge on any atom is 0.163 e. The van der Waals surface area contributed by atoms with Gasteiger partial charge in [0.1, 0.15) is 0 Å². The monoisotopic (exact) mass is 223 g/mol. The molecular weight excluding hydrogens is 206 g/mol. The van der Waals surface area contributed by atoms with Crippen molar-refractivity contribution in [3.8, 4) is 0 Å². The van der Waals surface area contributed by atoms with Crippen LogP contribution in [0, 0.1) is 5.92 Å². The van der Waals surface area contributed by atoms with Gasteiger partial charge in [-0.3, -0.25) is 4.79 Å². The first-order valence-corrected chi connectivity index (χ1v) is 6.24. The van der Waals surface area contributed by atoms with Crippen LogP contribution in [0.4, 0.5) is 5.00 Å². The van der Waals surface area contributed by atoms with Crippen molar-refractivity contribution in [2.75, 3.05) is 5.73 Å². The molecule has 2 atom stereocenters. The van der Waals surface area contributed by atoms with E-state index < -0.39 is 0 Å². The Bertz CT molecular complexity index is 408. The van der Waals surface area contributed by atoms with Gasteiger partial charge in [-0.2, -0.15) is 0 Å². The third kappa shape index (κ3) is 1.69. The van der Waals surface area contributed by atoms with Crippen LogP contribution in [0.2, 0.25) is 0 Å². The van der Waals surface area contributed by atoms with E-state index in [0.717, 1.165) is 12.0 Å². The number of thiophene rings is 1. The predicted molar refractivity (Wildman–Crippen MR) is 64.6 cm³/mol. The van der Waals surface area contributed by atoms with Gasteiger partial charge in [0.05, 0.1) is 10.6 Å². The molecule has 0 saturated carbocycles. The van der Waals surface area contributed by atoms with Crippen molar-refractivity contribution in [2.24, 2.45) is 5.92 Å². The Kier molecular flexibility index (Phi) is 2.59. The maximum absolute atomic E-state index is 11.5. The fourth-order valence-electron chi connectivity index (χ4n) is 2.63. The van der Waals surface area contributed by atoms with E-state index in [0.29, 0.717) is 16.8 Å². The minimum Gasteiger partial charge on any atom is -0.390 e. The van der Waals surface area contributed by atoms with Crippen LogP contribution in [0.5, 0.6) is 0 Å². The van der Waals surface area contributed by atoms with Crippen LogP contribution in [0.25, 0.3) is 0 Å². The summed E-state index contributed by atoms with van der Waals surface area (Å²) in [6, 6.07) is 0. The normalized spacial score (nSPS) is 25.0. The number of ketones is 1. The molecule has 2 rings (SSSR count). The zero-order chi connectivity index (χ0) is 11.2. The highest BCUT2D eigenvalue weighted by Gasteiger charge is 2.28. The highest BCUT2D eigenvalue weighted by atomic mass is 32.1. The highest BCUT2D eigenvalue weighted by molar-refractivity contribution is 7.16. The summed E-state index contributed by atoms with van der Waals surface area (Å²) in [6.07, 6.45) is 2.23. The van der Waals surface area contributed by atoms with Crippen LogP contribution in [0.3, 0.4) is 0 Å². The first-order chi connectivity index (χ1) is 7.00. The summed E-state index contributed by atoms with van der Waals surface area (Å²) in [4.78, 5) is 12.9. The lowest BCUT2D eigenvalue weighted by Gasteiger charge is -2.24. The molecule has 1 aliphatic rings. The van der Waals surface area contributed by atoms with Gasteiger partial charge in [-0.05, 0) is 37.2 Å². The van der Waals surface area contributed by atoms with Crippen molar-refractivity contribution in [1.29, 1.82) is 0 Å². The van der Waals surface area contributed by atoms with Crippen LogP contribution in [0.1, 0.15) is 53.9 Å². The van der Waals surface area contributed by atoms with Gasteiger partial charge in [-0.15, -0.1) is 11.3 Å². The molecule has 2 nitrogen and oxygen atoms in total. The molecule has 0 spiro atoms. The Morgan fingerprint density at radius 3 is 2.73 bits per heavy atom. The smallest absolute Gasteiger partial charge is 0.163 e. The van der Waals surface area contributed by atoms with Crippen molar-refractivity contribution < 1.29 is 4.79 Å². The van der Waals surface area contributed by atoms with Crippen LogP contribution in [0.15, 0.2) is 0 Å². The molecule has 1 aromatic rings. The largest absolute Gasteiger partial charge is 0.390 e. The fraction of sp³-hybridized carbons (Fsp3) is 0.583. The second-order valence-electron chi connectivity index (χ2n) is 4.69. The number of nitrogens with two attached hydrogens (primary N) is 1. The molecule has 1 heterocycles. The third-order valence-corrected chi connectivity index (χ3v) is 4.47. The highest BCUT2D eigenvalue weighted by Crippen LogP contribution is 2.43. The zero-order valence-electron chi connectivity index (χ0n) is 9.46. The number of fused-ring (bicyclic) bond motifs is 1. The van der Waals surface area contributed by atoms with E-state index in [1.54, 1.807) is 18.3 Å². The summed E-state index contributed by atoms with van der Waals surface area (Å²) in [5.41, 5.74) is 7.96. The molecule has 0 aromatic carbocycles. The summed E-state index contributed by atoms with van der Waals surface area (Å²) in [5, 5.41) is 0.716. The standard InChI is InChI=1S/C12H17NOS/c1-6-4-7(2)11-9(5-6)10(8(3)14)12(13)15-11/h6-7H,4-5,13H2,1-3H3. The van der Waals surface area contributed by atoms with Gasteiger partial charge in [-0.25, -0.2) is 0 Å². The average molecular weight is 223 g/mol. The van der Waals surface area contributed by atoms with E-state index in [4.69, 9.17) is 5.73 Å². The number of nitrogen functional groups attached to an aromatic ring is 1. The minimum absolute atomic E-state index is 0.117. The fourth-order valence-corrected chi connectivity index (χ4v) is 3.84. The van der Waals surface area contributed by atoms with Gasteiger partial charge in [0.15, 0.2) is 5.78 Å². The van der Waals surface area contributed by atoms with Crippen molar-refractivity contribution in [1.82, 2.24) is 0 Å². The van der Waals surface area contributed by atoms with Crippen LogP contribution in [-0.4, -0.2) is 5.78 Å². The van der Waals surface area contributed by atoms with Crippen LogP contribution >= 0.6 is 11.3 Å². The molecule has 0 bridgehead atoms. The van der Waals surface area contributed by atoms with Gasteiger partial charge in [-0.1, -0.05) is 13.8 Å². The van der Waals surface area contributed by atoms with E-state index in [9.17, 15) is 4.79 Å². The van der Waals surface area contributed by atoms with Gasteiger partial charge < -0.3 is 5.73 Å². The number of hydrogen-bond acceptors (Lipinski definition) is 3. The lowest BCUT2D eigenvalue weighted by Crippen LogP contribution is -2.14. The molecule has 0 fully saturated rings. The first-order valence-electron chi connectivity index (χ1n) is 5.42. The van der Waals surface area contributed by atoms with E-state index >= 15 is 0 Å². The number of Topliss-reactive ketones (excluding diaryl/α,β-unsaturated/α-hetero) is 1. The summed E-state index contributed by atoms with van der Waals surface area (Å²) in [6.45, 7) is 6.09. The summed E-state index contributed by atoms with van der Waals surface area (Å²) >= 11 is 1.61. The Morgan fingerprint density at radius 2 is 2.13 bits per heavy atom. The first kappa shape index (κ1) is 10.7. The second kappa shape index (κ2) is 3.63. The van der Waals surface area contributed by atoms with E-state index in [-0.39, 0.29) is 5.78 Å². The lowest BCUT2D eigenvalue weighted by atomic mass is 9.81. The van der Waals surface area contributed by atoms with Gasteiger partial charge in [0.25, 0.3) is 0 Å². The Labute approximate surface area is 94.5 Å². The third-order valence-electron chi connectivity index (χ3n) is 3.17. The van der Waals surface area contributed by atoms with Gasteiger partial charge in [0, 0.05) is 4.88 Å². The molecule has 0 radical (unpaired) electrons. The van der Waals surface area contributed by atoms with Gasteiger partial charge >= 0.3 is 0 Å². The lowest BCUT2D eigenvalue weighted by molar-refractivity contribution is 0.101. The van der Waals surface area contributed by atoms with Crippen molar-refractivity contribution >= 4 is 22.1 Å². The predicted octanol–water partition coefficient (Wildman–Crippen LogP) is 3.22. The minimum atomic E-state index is 0.117. The number of carbonyl (C=O) groups is 1.